The Morgan fingerprint density at radius 2 is 1.08 bits per heavy atom. The summed E-state index contributed by atoms with van der Waals surface area (Å²) in [6.45, 7) is 2.33. The van der Waals surface area contributed by atoms with Crippen LogP contribution in [0.4, 0.5) is 5.69 Å². The summed E-state index contributed by atoms with van der Waals surface area (Å²) in [4.78, 5) is 37.0. The van der Waals surface area contributed by atoms with Crippen LogP contribution < -0.4 is 16.0 Å². The van der Waals surface area contributed by atoms with Crippen LogP contribution in [0.1, 0.15) is 36.6 Å². The van der Waals surface area contributed by atoms with E-state index in [0.717, 1.165) is 9.87 Å². The molecule has 0 radical (unpaired) electrons. The molecule has 0 aromatic heterocycles. The highest BCUT2D eigenvalue weighted by Gasteiger charge is 2.17. The predicted octanol–water partition coefficient (Wildman–Crippen LogP) is 2.66. The van der Waals surface area contributed by atoms with E-state index in [1.165, 1.54) is 38.4 Å². The first-order chi connectivity index (χ1) is 17.1. The number of anilines is 1. The molecule has 9 nitrogen and oxygen atoms in total. The standard InChI is InChI=1S/C26H28N4O5S/c1-18-4-6-21(7-5-18)26(33)29-22-12-8-19(9-13-22)24(31)27-16-17-28-25(32)20-10-14-23(15-11-20)36(34,35)30(2)3/h4-15H,16-17H2,1-3H3,(H,27,31)(H,28,32)(H,29,33). The summed E-state index contributed by atoms with van der Waals surface area (Å²) in [5, 5.41) is 8.18. The molecule has 10 heteroatoms. The van der Waals surface area contributed by atoms with Gasteiger partial charge in [0.1, 0.15) is 0 Å². The number of amides is 3. The molecule has 188 valence electrons. The van der Waals surface area contributed by atoms with Gasteiger partial charge in [-0.05, 0) is 67.6 Å². The first kappa shape index (κ1) is 26.6. The highest BCUT2D eigenvalue weighted by Crippen LogP contribution is 2.14. The number of rotatable bonds is 9. The smallest absolute Gasteiger partial charge is 0.255 e. The molecule has 3 aromatic carbocycles. The Bertz CT molecular complexity index is 1330. The minimum absolute atomic E-state index is 0.0945. The second kappa shape index (κ2) is 11.6. The number of carbonyl (C=O) groups excluding carboxylic acids is 3. The van der Waals surface area contributed by atoms with E-state index in [0.29, 0.717) is 22.4 Å². The van der Waals surface area contributed by atoms with Crippen LogP contribution >= 0.6 is 0 Å². The van der Waals surface area contributed by atoms with Crippen molar-refractivity contribution in [1.82, 2.24) is 14.9 Å². The maximum atomic E-state index is 12.4. The van der Waals surface area contributed by atoms with Gasteiger partial charge in [0.05, 0.1) is 4.90 Å². The second-order valence-electron chi connectivity index (χ2n) is 8.22. The molecule has 0 atom stereocenters. The number of nitrogens with zero attached hydrogens (tertiary/aromatic N) is 1. The Morgan fingerprint density at radius 3 is 1.56 bits per heavy atom. The van der Waals surface area contributed by atoms with Crippen molar-refractivity contribution in [2.24, 2.45) is 0 Å². The van der Waals surface area contributed by atoms with E-state index in [1.807, 2.05) is 19.1 Å². The second-order valence-corrected chi connectivity index (χ2v) is 10.4. The third-order valence-electron chi connectivity index (χ3n) is 5.31. The van der Waals surface area contributed by atoms with E-state index in [-0.39, 0.29) is 35.7 Å². The van der Waals surface area contributed by atoms with Gasteiger partial charge in [-0.3, -0.25) is 14.4 Å². The fraction of sp³-hybridized carbons (Fsp3) is 0.192. The highest BCUT2D eigenvalue weighted by molar-refractivity contribution is 7.89. The monoisotopic (exact) mass is 508 g/mol. The molecule has 0 heterocycles. The molecule has 0 unspecified atom stereocenters. The summed E-state index contributed by atoms with van der Waals surface area (Å²) in [5.74, 6) is -0.942. The van der Waals surface area contributed by atoms with Crippen LogP contribution in [0, 0.1) is 6.92 Å². The highest BCUT2D eigenvalue weighted by atomic mass is 32.2. The van der Waals surface area contributed by atoms with Gasteiger partial charge in [-0.15, -0.1) is 0 Å². The fourth-order valence-electron chi connectivity index (χ4n) is 3.16. The average Bonchev–Trinajstić information content (AvgIpc) is 2.87. The van der Waals surface area contributed by atoms with Crippen molar-refractivity contribution in [2.75, 3.05) is 32.5 Å². The molecule has 3 rings (SSSR count). The zero-order valence-corrected chi connectivity index (χ0v) is 21.1. The molecule has 36 heavy (non-hydrogen) atoms. The van der Waals surface area contributed by atoms with Crippen molar-refractivity contribution in [3.8, 4) is 0 Å². The van der Waals surface area contributed by atoms with E-state index >= 15 is 0 Å². The number of nitrogens with one attached hydrogen (secondary N) is 3. The van der Waals surface area contributed by atoms with Crippen LogP contribution in [0.5, 0.6) is 0 Å². The summed E-state index contributed by atoms with van der Waals surface area (Å²) in [7, 11) is -0.698. The SMILES string of the molecule is Cc1ccc(C(=O)Nc2ccc(C(=O)NCCNC(=O)c3ccc(S(=O)(=O)N(C)C)cc3)cc2)cc1. The lowest BCUT2D eigenvalue weighted by Gasteiger charge is -2.12. The van der Waals surface area contributed by atoms with Crippen LogP contribution in [-0.2, 0) is 10.0 Å². The number of sulfonamides is 1. The molecule has 3 amide bonds. The molecular formula is C26H28N4O5S. The Morgan fingerprint density at radius 1 is 0.667 bits per heavy atom. The molecule has 0 aliphatic heterocycles. The Kier molecular flexibility index (Phi) is 8.57. The Hall–Kier alpha value is -4.02. The lowest BCUT2D eigenvalue weighted by Crippen LogP contribution is -2.34. The average molecular weight is 509 g/mol. The maximum Gasteiger partial charge on any atom is 0.255 e. The number of hydrogen-bond acceptors (Lipinski definition) is 5. The number of hydrogen-bond donors (Lipinski definition) is 3. The normalized spacial score (nSPS) is 11.1. The summed E-state index contributed by atoms with van der Waals surface area (Å²) < 4.78 is 25.3. The van der Waals surface area contributed by atoms with Crippen LogP contribution in [0.3, 0.4) is 0 Å². The van der Waals surface area contributed by atoms with E-state index in [2.05, 4.69) is 16.0 Å². The molecule has 0 aliphatic carbocycles. The van der Waals surface area contributed by atoms with Crippen molar-refractivity contribution < 1.29 is 22.8 Å². The van der Waals surface area contributed by atoms with E-state index in [4.69, 9.17) is 0 Å². The van der Waals surface area contributed by atoms with Gasteiger partial charge in [0.15, 0.2) is 0 Å². The molecule has 3 aromatic rings. The van der Waals surface area contributed by atoms with Crippen molar-refractivity contribution in [2.45, 2.75) is 11.8 Å². The van der Waals surface area contributed by atoms with E-state index in [1.54, 1.807) is 36.4 Å². The number of carbonyl (C=O) groups is 3. The van der Waals surface area contributed by atoms with E-state index < -0.39 is 10.0 Å². The molecular weight excluding hydrogens is 480 g/mol. The molecule has 0 fully saturated rings. The largest absolute Gasteiger partial charge is 0.350 e. The van der Waals surface area contributed by atoms with Crippen LogP contribution in [-0.4, -0.2) is 57.6 Å². The van der Waals surface area contributed by atoms with Gasteiger partial charge in [0, 0.05) is 49.6 Å². The minimum atomic E-state index is -3.57. The molecule has 0 aliphatic rings. The quantitative estimate of drug-likeness (QED) is 0.383. The third kappa shape index (κ3) is 6.77. The van der Waals surface area contributed by atoms with Gasteiger partial charge in [0.2, 0.25) is 10.0 Å². The maximum absolute atomic E-state index is 12.4. The third-order valence-corrected chi connectivity index (χ3v) is 7.14. The zero-order chi connectivity index (χ0) is 26.3. The van der Waals surface area contributed by atoms with Crippen molar-refractivity contribution in [1.29, 1.82) is 0 Å². The fourth-order valence-corrected chi connectivity index (χ4v) is 4.06. The van der Waals surface area contributed by atoms with Crippen molar-refractivity contribution in [3.05, 3.63) is 95.1 Å². The Balaban J connectivity index is 1.45. The summed E-state index contributed by atoms with van der Waals surface area (Å²) in [6.07, 6.45) is 0. The van der Waals surface area contributed by atoms with Crippen molar-refractivity contribution in [3.63, 3.8) is 0 Å². The van der Waals surface area contributed by atoms with Gasteiger partial charge >= 0.3 is 0 Å². The van der Waals surface area contributed by atoms with Gasteiger partial charge < -0.3 is 16.0 Å². The molecule has 0 bridgehead atoms. The predicted molar refractivity (Wildman–Crippen MR) is 138 cm³/mol. The summed E-state index contributed by atoms with van der Waals surface area (Å²) in [6, 6.07) is 19.3. The first-order valence-corrected chi connectivity index (χ1v) is 12.6. The molecule has 0 spiro atoms. The molecule has 0 saturated heterocycles. The lowest BCUT2D eigenvalue weighted by atomic mass is 10.1. The Labute approximate surface area is 210 Å². The zero-order valence-electron chi connectivity index (χ0n) is 20.2. The van der Waals surface area contributed by atoms with Gasteiger partial charge in [-0.1, -0.05) is 17.7 Å². The van der Waals surface area contributed by atoms with Crippen LogP contribution in [0.2, 0.25) is 0 Å². The topological polar surface area (TPSA) is 125 Å². The van der Waals surface area contributed by atoms with Crippen LogP contribution in [0.15, 0.2) is 77.7 Å². The van der Waals surface area contributed by atoms with Gasteiger partial charge in [0.25, 0.3) is 17.7 Å². The molecule has 3 N–H and O–H groups in total. The minimum Gasteiger partial charge on any atom is -0.350 e. The summed E-state index contributed by atoms with van der Waals surface area (Å²) >= 11 is 0. The van der Waals surface area contributed by atoms with E-state index in [9.17, 15) is 22.8 Å². The van der Waals surface area contributed by atoms with Crippen LogP contribution in [0.25, 0.3) is 0 Å². The molecule has 0 saturated carbocycles. The van der Waals surface area contributed by atoms with Gasteiger partial charge in [-0.2, -0.15) is 0 Å². The van der Waals surface area contributed by atoms with Crippen molar-refractivity contribution >= 4 is 33.4 Å². The van der Waals surface area contributed by atoms with Gasteiger partial charge in [-0.25, -0.2) is 12.7 Å². The first-order valence-electron chi connectivity index (χ1n) is 11.1. The number of benzene rings is 3. The number of aryl methyl sites for hydroxylation is 1. The summed E-state index contributed by atoms with van der Waals surface area (Å²) in [5.41, 5.74) is 2.89. The lowest BCUT2D eigenvalue weighted by molar-refractivity contribution is 0.0927.